The second-order valence-corrected chi connectivity index (χ2v) is 6.56. The van der Waals surface area contributed by atoms with Crippen molar-refractivity contribution in [1.82, 2.24) is 19.5 Å². The lowest BCUT2D eigenvalue weighted by atomic mass is 9.93. The maximum Gasteiger partial charge on any atom is 0.255 e. The zero-order valence-corrected chi connectivity index (χ0v) is 14.9. The summed E-state index contributed by atoms with van der Waals surface area (Å²) in [6, 6.07) is 6.57. The van der Waals surface area contributed by atoms with Gasteiger partial charge in [0.15, 0.2) is 5.76 Å². The Labute approximate surface area is 155 Å². The average molecular weight is 365 g/mol. The molecule has 1 aliphatic heterocycles. The molecule has 3 aromatic rings. The molecule has 1 unspecified atom stereocenters. The summed E-state index contributed by atoms with van der Waals surface area (Å²) in [4.78, 5) is 39.8. The molecule has 1 atom stereocenters. The number of hydrogen-bond donors (Lipinski definition) is 0. The minimum absolute atomic E-state index is 0.0124. The van der Waals surface area contributed by atoms with Crippen molar-refractivity contribution < 1.29 is 9.21 Å². The third-order valence-electron chi connectivity index (χ3n) is 4.79. The number of aromatic nitrogens is 4. The normalized spacial score (nSPS) is 17.1. The Kier molecular flexibility index (Phi) is 4.53. The van der Waals surface area contributed by atoms with Gasteiger partial charge in [-0.2, -0.15) is 0 Å². The number of piperidine rings is 1. The number of nitrogens with zero attached hydrogens (tertiary/aromatic N) is 5. The molecule has 4 rings (SSSR count). The van der Waals surface area contributed by atoms with Crippen LogP contribution in [0.25, 0.3) is 11.4 Å². The fourth-order valence-corrected chi connectivity index (χ4v) is 3.38. The lowest BCUT2D eigenvalue weighted by molar-refractivity contribution is 0.0878. The van der Waals surface area contributed by atoms with Gasteiger partial charge in [0, 0.05) is 38.3 Å². The molecule has 0 N–H and O–H groups in total. The Morgan fingerprint density at radius 3 is 2.93 bits per heavy atom. The van der Waals surface area contributed by atoms with E-state index in [1.54, 1.807) is 31.4 Å². The molecule has 138 valence electrons. The van der Waals surface area contributed by atoms with Crippen LogP contribution in [0.2, 0.25) is 0 Å². The Morgan fingerprint density at radius 2 is 2.19 bits per heavy atom. The summed E-state index contributed by atoms with van der Waals surface area (Å²) in [5.41, 5.74) is 0.909. The number of carbonyl (C=O) groups excluding carboxylic acids is 1. The first kappa shape index (κ1) is 17.1. The first-order valence-electron chi connectivity index (χ1n) is 8.80. The quantitative estimate of drug-likeness (QED) is 0.652. The van der Waals surface area contributed by atoms with Gasteiger partial charge in [-0.1, -0.05) is 0 Å². The minimum atomic E-state index is -0.190. The Bertz CT molecular complexity index is 998. The summed E-state index contributed by atoms with van der Waals surface area (Å²) in [6.45, 7) is 1.22. The van der Waals surface area contributed by atoms with Crippen molar-refractivity contribution in [3.8, 4) is 11.4 Å². The first-order chi connectivity index (χ1) is 13.1. The molecule has 0 bridgehead atoms. The van der Waals surface area contributed by atoms with Gasteiger partial charge in [0.1, 0.15) is 6.33 Å². The highest BCUT2D eigenvalue weighted by molar-refractivity contribution is 5.95. The van der Waals surface area contributed by atoms with E-state index in [1.165, 1.54) is 23.2 Å². The second kappa shape index (κ2) is 7.14. The van der Waals surface area contributed by atoms with Gasteiger partial charge in [0.25, 0.3) is 5.56 Å². The number of rotatable bonds is 4. The lowest BCUT2D eigenvalue weighted by Gasteiger charge is -2.33. The molecule has 3 aromatic heterocycles. The van der Waals surface area contributed by atoms with Crippen LogP contribution in [0, 0.1) is 5.92 Å². The number of hydrogen-bond acceptors (Lipinski definition) is 7. The van der Waals surface area contributed by atoms with E-state index in [1.807, 2.05) is 4.90 Å². The van der Waals surface area contributed by atoms with E-state index in [2.05, 4.69) is 15.0 Å². The van der Waals surface area contributed by atoms with Crippen LogP contribution in [0.15, 0.2) is 52.3 Å². The van der Waals surface area contributed by atoms with Gasteiger partial charge in [0.05, 0.1) is 17.7 Å². The number of ketones is 1. The van der Waals surface area contributed by atoms with Crippen LogP contribution in [0.4, 0.5) is 5.95 Å². The van der Waals surface area contributed by atoms with E-state index in [4.69, 9.17) is 4.42 Å². The molecule has 27 heavy (non-hydrogen) atoms. The van der Waals surface area contributed by atoms with Gasteiger partial charge in [-0.15, -0.1) is 0 Å². The van der Waals surface area contributed by atoms with Crippen LogP contribution in [0.1, 0.15) is 23.4 Å². The molecule has 1 aliphatic rings. The van der Waals surface area contributed by atoms with E-state index in [0.29, 0.717) is 29.6 Å². The van der Waals surface area contributed by atoms with Gasteiger partial charge >= 0.3 is 0 Å². The Morgan fingerprint density at radius 1 is 1.30 bits per heavy atom. The highest BCUT2D eigenvalue weighted by Crippen LogP contribution is 2.25. The largest absolute Gasteiger partial charge is 0.461 e. The van der Waals surface area contributed by atoms with Gasteiger partial charge in [0.2, 0.25) is 11.7 Å². The summed E-state index contributed by atoms with van der Waals surface area (Å²) in [6.07, 6.45) is 6.16. The molecule has 0 saturated carbocycles. The average Bonchev–Trinajstić information content (AvgIpc) is 3.25. The first-order valence-corrected chi connectivity index (χ1v) is 8.80. The molecular weight excluding hydrogens is 346 g/mol. The lowest BCUT2D eigenvalue weighted by Crippen LogP contribution is -2.41. The molecule has 4 heterocycles. The molecule has 0 spiro atoms. The molecular formula is C19H19N5O3. The third-order valence-corrected chi connectivity index (χ3v) is 4.79. The zero-order valence-electron chi connectivity index (χ0n) is 14.9. The van der Waals surface area contributed by atoms with Crippen LogP contribution in [-0.2, 0) is 7.05 Å². The van der Waals surface area contributed by atoms with Crippen LogP contribution in [0.3, 0.4) is 0 Å². The van der Waals surface area contributed by atoms with Gasteiger partial charge in [-0.3, -0.25) is 14.2 Å². The highest BCUT2D eigenvalue weighted by atomic mass is 16.3. The van der Waals surface area contributed by atoms with Crippen molar-refractivity contribution in [2.24, 2.45) is 13.0 Å². The Hall–Kier alpha value is -3.29. The van der Waals surface area contributed by atoms with E-state index in [0.717, 1.165) is 19.4 Å². The summed E-state index contributed by atoms with van der Waals surface area (Å²) >= 11 is 0. The monoisotopic (exact) mass is 365 g/mol. The van der Waals surface area contributed by atoms with E-state index < -0.39 is 0 Å². The van der Waals surface area contributed by atoms with E-state index in [-0.39, 0.29) is 17.3 Å². The SMILES string of the molecule is Cn1c(N2CCCC(C(=O)c3ccco3)C2)nc(-c2ccncn2)cc1=O. The molecule has 0 radical (unpaired) electrons. The smallest absolute Gasteiger partial charge is 0.255 e. The molecule has 0 amide bonds. The predicted octanol–water partition coefficient (Wildman–Crippen LogP) is 1.93. The van der Waals surface area contributed by atoms with Crippen molar-refractivity contribution in [3.63, 3.8) is 0 Å². The zero-order chi connectivity index (χ0) is 18.8. The van der Waals surface area contributed by atoms with Crippen LogP contribution in [-0.4, -0.2) is 38.4 Å². The predicted molar refractivity (Wildman–Crippen MR) is 98.5 cm³/mol. The molecule has 1 fully saturated rings. The molecule has 8 heteroatoms. The third kappa shape index (κ3) is 3.38. The number of carbonyl (C=O) groups is 1. The molecule has 0 aromatic carbocycles. The van der Waals surface area contributed by atoms with E-state index >= 15 is 0 Å². The molecule has 8 nitrogen and oxygen atoms in total. The van der Waals surface area contributed by atoms with Crippen molar-refractivity contribution in [3.05, 3.63) is 59.2 Å². The highest BCUT2D eigenvalue weighted by Gasteiger charge is 2.30. The van der Waals surface area contributed by atoms with Crippen LogP contribution in [0.5, 0.6) is 0 Å². The molecule has 0 aliphatic carbocycles. The summed E-state index contributed by atoms with van der Waals surface area (Å²) < 4.78 is 6.76. The van der Waals surface area contributed by atoms with Gasteiger partial charge in [-0.05, 0) is 31.0 Å². The number of Topliss-reactive ketones (excluding diaryl/α,β-unsaturated/α-hetero) is 1. The minimum Gasteiger partial charge on any atom is -0.461 e. The van der Waals surface area contributed by atoms with Crippen molar-refractivity contribution in [2.75, 3.05) is 18.0 Å². The molecule has 1 saturated heterocycles. The van der Waals surface area contributed by atoms with Crippen molar-refractivity contribution in [1.29, 1.82) is 0 Å². The standard InChI is InChI=1S/C19H19N5O3/c1-23-17(25)10-15(14-6-7-20-12-21-14)22-19(23)24-8-2-4-13(11-24)18(26)16-5-3-9-27-16/h3,5-7,9-10,12-13H,2,4,8,11H2,1H3. The summed E-state index contributed by atoms with van der Waals surface area (Å²) in [5, 5.41) is 0. The summed E-state index contributed by atoms with van der Waals surface area (Å²) in [7, 11) is 1.69. The summed E-state index contributed by atoms with van der Waals surface area (Å²) in [5.74, 6) is 0.706. The van der Waals surface area contributed by atoms with Crippen molar-refractivity contribution >= 4 is 11.7 Å². The fourth-order valence-electron chi connectivity index (χ4n) is 3.38. The fraction of sp³-hybridized carbons (Fsp3) is 0.316. The van der Waals surface area contributed by atoms with Gasteiger partial charge < -0.3 is 9.32 Å². The number of anilines is 1. The topological polar surface area (TPSA) is 94.1 Å². The number of furan rings is 1. The maximum absolute atomic E-state index is 12.7. The Balaban J connectivity index is 1.65. The van der Waals surface area contributed by atoms with Crippen LogP contribution >= 0.6 is 0 Å². The van der Waals surface area contributed by atoms with Gasteiger partial charge in [-0.25, -0.2) is 15.0 Å². The van der Waals surface area contributed by atoms with E-state index in [9.17, 15) is 9.59 Å². The maximum atomic E-state index is 12.7. The second-order valence-electron chi connectivity index (χ2n) is 6.56. The van der Waals surface area contributed by atoms with Crippen LogP contribution < -0.4 is 10.5 Å². The van der Waals surface area contributed by atoms with Crippen molar-refractivity contribution in [2.45, 2.75) is 12.8 Å².